The predicted octanol–water partition coefficient (Wildman–Crippen LogP) is 7.65. The van der Waals surface area contributed by atoms with Crippen LogP contribution in [0.25, 0.3) is 0 Å². The fourth-order valence-corrected chi connectivity index (χ4v) is 11.3. The van der Waals surface area contributed by atoms with Crippen LogP contribution >= 0.6 is 0 Å². The van der Waals surface area contributed by atoms with Crippen LogP contribution in [0.2, 0.25) is 5.04 Å². The van der Waals surface area contributed by atoms with Crippen LogP contribution in [0.5, 0.6) is 0 Å². The molecule has 0 radical (unpaired) electrons. The zero-order chi connectivity index (χ0) is 42.9. The minimum absolute atomic E-state index is 0.0551. The lowest BCUT2D eigenvalue weighted by Crippen LogP contribution is -2.66. The van der Waals surface area contributed by atoms with E-state index in [0.717, 1.165) is 13.0 Å². The lowest BCUT2D eigenvalue weighted by Gasteiger charge is -2.43. The van der Waals surface area contributed by atoms with Gasteiger partial charge in [-0.1, -0.05) is 146 Å². The summed E-state index contributed by atoms with van der Waals surface area (Å²) in [6.07, 6.45) is 13.4. The molecule has 0 heterocycles. The van der Waals surface area contributed by atoms with Gasteiger partial charge in [0.2, 0.25) is 0 Å². The maximum absolute atomic E-state index is 6.86. The standard InChI is InChI=1S/C48H84O11Si/c1-5-6-7-8-9-10-11-12-13-20-25-49-26-27-50-28-29-51-30-31-52-32-33-53-34-35-54-36-37-55-38-39-56-40-41-57-42-43-58-44-45-59-60(48(2,3)4,46-21-16-14-17-22-46)47-23-18-15-19-24-47/h14-19,21-24H,5-13,20,25-45H2,1-4H3. The van der Waals surface area contributed by atoms with E-state index >= 15 is 0 Å². The van der Waals surface area contributed by atoms with Gasteiger partial charge in [-0.05, 0) is 21.8 Å². The first-order valence-electron chi connectivity index (χ1n) is 23.0. The Morgan fingerprint density at radius 1 is 0.317 bits per heavy atom. The molecule has 0 atom stereocenters. The summed E-state index contributed by atoms with van der Waals surface area (Å²) in [7, 11) is -2.54. The van der Waals surface area contributed by atoms with Crippen LogP contribution in [0.3, 0.4) is 0 Å². The van der Waals surface area contributed by atoms with E-state index in [4.69, 9.17) is 51.8 Å². The van der Waals surface area contributed by atoms with E-state index in [9.17, 15) is 0 Å². The molecule has 11 nitrogen and oxygen atoms in total. The summed E-state index contributed by atoms with van der Waals surface area (Å²) >= 11 is 0. The second-order valence-corrected chi connectivity index (χ2v) is 20.1. The quantitative estimate of drug-likeness (QED) is 0.0485. The van der Waals surface area contributed by atoms with E-state index in [1.165, 1.54) is 68.2 Å². The third-order valence-electron chi connectivity index (χ3n) is 9.95. The van der Waals surface area contributed by atoms with E-state index in [1.807, 2.05) is 0 Å². The Kier molecular flexibility index (Phi) is 35.2. The summed E-state index contributed by atoms with van der Waals surface area (Å²) in [5.41, 5.74) is 0. The van der Waals surface area contributed by atoms with Crippen molar-refractivity contribution in [2.45, 2.75) is 96.9 Å². The van der Waals surface area contributed by atoms with E-state index in [0.29, 0.717) is 132 Å². The minimum Gasteiger partial charge on any atom is -0.405 e. The molecule has 60 heavy (non-hydrogen) atoms. The maximum Gasteiger partial charge on any atom is 0.261 e. The molecular formula is C48H84O11Si. The molecule has 12 heteroatoms. The number of unbranched alkanes of at least 4 members (excludes halogenated alkanes) is 9. The first-order valence-corrected chi connectivity index (χ1v) is 25.0. The van der Waals surface area contributed by atoms with Crippen molar-refractivity contribution in [3.8, 4) is 0 Å². The van der Waals surface area contributed by atoms with Crippen LogP contribution in [0.1, 0.15) is 91.9 Å². The molecule has 0 saturated carbocycles. The number of hydrogen-bond donors (Lipinski definition) is 0. The fraction of sp³-hybridized carbons (Fsp3) is 0.750. The van der Waals surface area contributed by atoms with Gasteiger partial charge < -0.3 is 51.8 Å². The Labute approximate surface area is 365 Å². The molecule has 0 bridgehead atoms. The van der Waals surface area contributed by atoms with Gasteiger partial charge in [0.05, 0.1) is 132 Å². The molecule has 0 unspecified atom stereocenters. The van der Waals surface area contributed by atoms with E-state index in [1.54, 1.807) is 0 Å². The van der Waals surface area contributed by atoms with Crippen molar-refractivity contribution in [2.24, 2.45) is 0 Å². The lowest BCUT2D eigenvalue weighted by molar-refractivity contribution is -0.0267. The largest absolute Gasteiger partial charge is 0.405 e. The van der Waals surface area contributed by atoms with Crippen LogP contribution < -0.4 is 10.4 Å². The van der Waals surface area contributed by atoms with E-state index < -0.39 is 8.32 Å². The average Bonchev–Trinajstić information content (AvgIpc) is 3.25. The monoisotopic (exact) mass is 865 g/mol. The Bertz CT molecular complexity index is 1130. The summed E-state index contributed by atoms with van der Waals surface area (Å²) in [6.45, 7) is 20.6. The first kappa shape index (κ1) is 54.4. The topological polar surface area (TPSA) is 102 Å². The van der Waals surface area contributed by atoms with E-state index in [-0.39, 0.29) is 5.04 Å². The van der Waals surface area contributed by atoms with Crippen molar-refractivity contribution in [3.63, 3.8) is 0 Å². The molecule has 0 spiro atoms. The van der Waals surface area contributed by atoms with Crippen molar-refractivity contribution in [1.82, 2.24) is 0 Å². The summed E-state index contributed by atoms with van der Waals surface area (Å²) in [5.74, 6) is 0. The van der Waals surface area contributed by atoms with Crippen LogP contribution in [0, 0.1) is 0 Å². The van der Waals surface area contributed by atoms with Crippen LogP contribution in [0.4, 0.5) is 0 Å². The zero-order valence-electron chi connectivity index (χ0n) is 38.2. The molecule has 2 aromatic carbocycles. The van der Waals surface area contributed by atoms with Gasteiger partial charge in [0.1, 0.15) is 0 Å². The highest BCUT2D eigenvalue weighted by Gasteiger charge is 2.50. The molecular weight excluding hydrogens is 781 g/mol. The zero-order valence-corrected chi connectivity index (χ0v) is 39.2. The van der Waals surface area contributed by atoms with Gasteiger partial charge in [0, 0.05) is 6.61 Å². The smallest absolute Gasteiger partial charge is 0.261 e. The summed E-state index contributed by atoms with van der Waals surface area (Å²) in [6, 6.07) is 21.3. The molecule has 0 aliphatic heterocycles. The van der Waals surface area contributed by atoms with Gasteiger partial charge in [0.15, 0.2) is 0 Å². The third kappa shape index (κ3) is 27.3. The number of ether oxygens (including phenoxy) is 10. The van der Waals surface area contributed by atoms with Crippen LogP contribution in [-0.4, -0.2) is 147 Å². The van der Waals surface area contributed by atoms with Gasteiger partial charge >= 0.3 is 0 Å². The van der Waals surface area contributed by atoms with E-state index in [2.05, 4.69) is 88.4 Å². The van der Waals surface area contributed by atoms with Gasteiger partial charge in [-0.15, -0.1) is 0 Å². The van der Waals surface area contributed by atoms with Crippen LogP contribution in [0.15, 0.2) is 60.7 Å². The normalized spacial score (nSPS) is 12.1. The molecule has 0 amide bonds. The molecule has 0 N–H and O–H groups in total. The second-order valence-electron chi connectivity index (χ2n) is 15.8. The van der Waals surface area contributed by atoms with Crippen molar-refractivity contribution in [2.75, 3.05) is 139 Å². The van der Waals surface area contributed by atoms with Crippen LogP contribution in [-0.2, 0) is 51.8 Å². The number of rotatable bonds is 44. The predicted molar refractivity (Wildman–Crippen MR) is 244 cm³/mol. The minimum atomic E-state index is -2.54. The van der Waals surface area contributed by atoms with Crippen molar-refractivity contribution >= 4 is 18.7 Å². The summed E-state index contributed by atoms with van der Waals surface area (Å²) in [4.78, 5) is 0. The SMILES string of the molecule is CCCCCCCCCCCCOCCOCCOCCOCCOCCOCCOCCOCCOCCOCCO[Si](c1ccccc1)(c1ccccc1)C(C)(C)C. The first-order chi connectivity index (χ1) is 29.5. The van der Waals surface area contributed by atoms with Crippen molar-refractivity contribution in [1.29, 1.82) is 0 Å². The third-order valence-corrected chi connectivity index (χ3v) is 15.0. The van der Waals surface area contributed by atoms with Gasteiger partial charge in [-0.3, -0.25) is 0 Å². The lowest BCUT2D eigenvalue weighted by atomic mass is 10.1. The highest BCUT2D eigenvalue weighted by atomic mass is 28.4. The molecule has 2 aromatic rings. The molecule has 0 aromatic heterocycles. The Morgan fingerprint density at radius 2 is 0.567 bits per heavy atom. The highest BCUT2D eigenvalue weighted by Crippen LogP contribution is 2.36. The van der Waals surface area contributed by atoms with Crippen molar-refractivity contribution in [3.05, 3.63) is 60.7 Å². The molecule has 2 rings (SSSR count). The molecule has 0 saturated heterocycles. The van der Waals surface area contributed by atoms with Gasteiger partial charge in [0.25, 0.3) is 8.32 Å². The Morgan fingerprint density at radius 3 is 0.850 bits per heavy atom. The molecule has 0 aliphatic rings. The number of hydrogen-bond acceptors (Lipinski definition) is 11. The molecule has 346 valence electrons. The summed E-state index contributed by atoms with van der Waals surface area (Å²) < 4.78 is 63.0. The number of benzene rings is 2. The van der Waals surface area contributed by atoms with Gasteiger partial charge in [-0.2, -0.15) is 0 Å². The maximum atomic E-state index is 6.86. The second kappa shape index (κ2) is 38.9. The Hall–Kier alpha value is -1.78. The molecule has 0 fully saturated rings. The van der Waals surface area contributed by atoms with Crippen molar-refractivity contribution < 1.29 is 51.8 Å². The summed E-state index contributed by atoms with van der Waals surface area (Å²) in [5, 5.41) is 2.48. The fourth-order valence-electron chi connectivity index (χ4n) is 6.79. The average molecular weight is 865 g/mol. The Balaban J connectivity index is 1.25. The van der Waals surface area contributed by atoms with Gasteiger partial charge in [-0.25, -0.2) is 0 Å². The highest BCUT2D eigenvalue weighted by molar-refractivity contribution is 6.99. The molecule has 0 aliphatic carbocycles.